The molecular weight excluding hydrogens is 532 g/mol. The first-order valence-electron chi connectivity index (χ1n) is 13.0. The van der Waals surface area contributed by atoms with Crippen LogP contribution in [0.3, 0.4) is 0 Å². The van der Waals surface area contributed by atoms with Crippen LogP contribution in [0.1, 0.15) is 29.5 Å². The molecule has 8 nitrogen and oxygen atoms in total. The van der Waals surface area contributed by atoms with Gasteiger partial charge in [-0.3, -0.25) is 0 Å². The van der Waals surface area contributed by atoms with E-state index in [4.69, 9.17) is 30.5 Å². The normalized spacial score (nSPS) is 14.0. The fourth-order valence-corrected chi connectivity index (χ4v) is 5.25. The second-order valence-electron chi connectivity index (χ2n) is 9.70. The largest absolute Gasteiger partial charge is 0.497 e. The lowest BCUT2D eigenvalue weighted by molar-refractivity contribution is 0.128. The minimum absolute atomic E-state index is 0.120. The topological polar surface area (TPSA) is 105 Å². The zero-order valence-electron chi connectivity index (χ0n) is 22.9. The molecule has 9 heteroatoms. The summed E-state index contributed by atoms with van der Waals surface area (Å²) in [5.74, 6) is 2.22. The number of hydrogen-bond acceptors (Lipinski definition) is 7. The van der Waals surface area contributed by atoms with Crippen LogP contribution in [0.4, 0.5) is 5.69 Å². The van der Waals surface area contributed by atoms with Crippen molar-refractivity contribution in [2.75, 3.05) is 39.9 Å². The van der Waals surface area contributed by atoms with Crippen molar-refractivity contribution in [3.05, 3.63) is 82.0 Å². The fraction of sp³-hybridized carbons (Fsp3) is 0.290. The molecular formula is C31H33ClN2O6. The molecule has 1 atom stereocenters. The molecule has 0 spiro atoms. The van der Waals surface area contributed by atoms with E-state index in [-0.39, 0.29) is 13.2 Å². The number of rotatable bonds is 11. The number of ether oxygens (including phenoxy) is 4. The van der Waals surface area contributed by atoms with Crippen LogP contribution >= 0.6 is 11.6 Å². The number of aromatic amines is 1. The van der Waals surface area contributed by atoms with Crippen LogP contribution in [0.25, 0.3) is 16.5 Å². The first-order valence-corrected chi connectivity index (χ1v) is 13.3. The highest BCUT2D eigenvalue weighted by Crippen LogP contribution is 2.51. The van der Waals surface area contributed by atoms with Gasteiger partial charge < -0.3 is 39.5 Å². The average Bonchev–Trinajstić information content (AvgIpc) is 3.71. The lowest BCUT2D eigenvalue weighted by Gasteiger charge is -2.35. The molecule has 1 aliphatic rings. The van der Waals surface area contributed by atoms with E-state index < -0.39 is 5.72 Å². The van der Waals surface area contributed by atoms with E-state index in [1.165, 1.54) is 0 Å². The highest BCUT2D eigenvalue weighted by Gasteiger charge is 2.42. The van der Waals surface area contributed by atoms with Crippen LogP contribution in [0.2, 0.25) is 5.02 Å². The fourth-order valence-electron chi connectivity index (χ4n) is 5.08. The van der Waals surface area contributed by atoms with Gasteiger partial charge >= 0.3 is 0 Å². The Balaban J connectivity index is 1.73. The quantitative estimate of drug-likeness (QED) is 0.165. The van der Waals surface area contributed by atoms with E-state index in [0.717, 1.165) is 51.8 Å². The van der Waals surface area contributed by atoms with E-state index in [9.17, 15) is 10.2 Å². The summed E-state index contributed by atoms with van der Waals surface area (Å²) in [6.07, 6.45) is 3.61. The number of methoxy groups -OCH3 is 3. The molecule has 0 aliphatic heterocycles. The van der Waals surface area contributed by atoms with Crippen molar-refractivity contribution in [3.8, 4) is 23.0 Å². The van der Waals surface area contributed by atoms with Gasteiger partial charge in [0.15, 0.2) is 5.72 Å². The third-order valence-corrected chi connectivity index (χ3v) is 7.27. The van der Waals surface area contributed by atoms with Crippen LogP contribution in [-0.2, 0) is 5.72 Å². The minimum Gasteiger partial charge on any atom is -0.497 e. The molecule has 0 bridgehead atoms. The predicted octanol–water partition coefficient (Wildman–Crippen LogP) is 6.03. The second kappa shape index (κ2) is 11.3. The first kappa shape index (κ1) is 27.7. The molecule has 1 aromatic heterocycles. The van der Waals surface area contributed by atoms with Gasteiger partial charge in [0.05, 0.1) is 33.5 Å². The van der Waals surface area contributed by atoms with Crippen molar-refractivity contribution in [2.45, 2.75) is 25.5 Å². The summed E-state index contributed by atoms with van der Waals surface area (Å²) in [6.45, 7) is 1.98. The van der Waals surface area contributed by atoms with Crippen molar-refractivity contribution in [2.24, 2.45) is 0 Å². The number of halogens is 1. The van der Waals surface area contributed by atoms with Gasteiger partial charge in [0.25, 0.3) is 0 Å². The Kier molecular flexibility index (Phi) is 7.85. The lowest BCUT2D eigenvalue weighted by Crippen LogP contribution is -2.37. The molecule has 0 radical (unpaired) electrons. The number of aryl methyl sites for hydroxylation is 1. The molecule has 1 heterocycles. The maximum absolute atomic E-state index is 12.9. The summed E-state index contributed by atoms with van der Waals surface area (Å²) in [7, 11) is 4.76. The number of aliphatic hydroxyl groups excluding tert-OH is 1. The Morgan fingerprint density at radius 2 is 1.73 bits per heavy atom. The molecule has 1 saturated carbocycles. The molecule has 0 amide bonds. The van der Waals surface area contributed by atoms with Crippen molar-refractivity contribution in [1.29, 1.82) is 0 Å². The summed E-state index contributed by atoms with van der Waals surface area (Å²) in [5.41, 5.74) is 3.87. The highest BCUT2D eigenvalue weighted by molar-refractivity contribution is 6.30. The number of nitrogens with one attached hydrogen (secondary N) is 2. The number of hydrogen-bond donors (Lipinski definition) is 4. The van der Waals surface area contributed by atoms with Crippen LogP contribution in [0, 0.1) is 6.92 Å². The van der Waals surface area contributed by atoms with Gasteiger partial charge in [0.1, 0.15) is 29.6 Å². The third kappa shape index (κ3) is 5.30. The Morgan fingerprint density at radius 3 is 2.40 bits per heavy atom. The van der Waals surface area contributed by atoms with Gasteiger partial charge in [-0.15, -0.1) is 0 Å². The van der Waals surface area contributed by atoms with E-state index in [0.29, 0.717) is 33.5 Å². The highest BCUT2D eigenvalue weighted by atomic mass is 35.5. The van der Waals surface area contributed by atoms with Gasteiger partial charge in [-0.2, -0.15) is 0 Å². The van der Waals surface area contributed by atoms with Crippen molar-refractivity contribution in [1.82, 2.24) is 4.98 Å². The molecule has 4 N–H and O–H groups in total. The SMILES string of the molecule is COc1cc(NC(O)(C(=C2CC2)c2c[nH]c3cc(OC)c(C)cc23)c2ccc(Cl)cc2OC)cc(OCCO)c1. The molecule has 1 unspecified atom stereocenters. The number of allylic oxidation sites excluding steroid dienone is 1. The van der Waals surface area contributed by atoms with E-state index in [1.807, 2.05) is 19.2 Å². The molecule has 1 aliphatic carbocycles. The van der Waals surface area contributed by atoms with Gasteiger partial charge in [-0.25, -0.2) is 0 Å². The Bertz CT molecular complexity index is 1570. The molecule has 0 saturated heterocycles. The average molecular weight is 565 g/mol. The molecule has 40 heavy (non-hydrogen) atoms. The van der Waals surface area contributed by atoms with Crippen LogP contribution in [-0.4, -0.2) is 49.7 Å². The van der Waals surface area contributed by atoms with Crippen LogP contribution < -0.4 is 24.3 Å². The van der Waals surface area contributed by atoms with Crippen molar-refractivity contribution < 1.29 is 29.2 Å². The summed E-state index contributed by atoms with van der Waals surface area (Å²) in [4.78, 5) is 3.36. The monoisotopic (exact) mass is 564 g/mol. The van der Waals surface area contributed by atoms with Crippen molar-refractivity contribution >= 4 is 33.8 Å². The molecule has 1 fully saturated rings. The maximum Gasteiger partial charge on any atom is 0.193 e. The standard InChI is InChI=1S/C31H33ClN2O6/c1-18-11-24-25(17-33-27(24)16-28(18)38-3)30(19-5-6-19)31(36,26-8-7-20(32)12-29(26)39-4)34-21-13-22(37-2)15-23(14-21)40-10-9-35/h7-8,11-17,33-36H,5-6,9-10H2,1-4H3. The summed E-state index contributed by atoms with van der Waals surface area (Å²) < 4.78 is 22.5. The maximum atomic E-state index is 12.9. The number of benzene rings is 3. The predicted molar refractivity (Wildman–Crippen MR) is 157 cm³/mol. The Hall–Kier alpha value is -3.85. The Morgan fingerprint density at radius 1 is 0.975 bits per heavy atom. The van der Waals surface area contributed by atoms with Gasteiger partial charge in [0.2, 0.25) is 0 Å². The minimum atomic E-state index is -1.74. The number of fused-ring (bicyclic) bond motifs is 1. The van der Waals surface area contributed by atoms with E-state index in [1.54, 1.807) is 57.7 Å². The first-order chi connectivity index (χ1) is 19.3. The summed E-state index contributed by atoms with van der Waals surface area (Å²) in [6, 6.07) is 14.5. The van der Waals surface area contributed by atoms with E-state index in [2.05, 4.69) is 16.4 Å². The number of anilines is 1. The lowest BCUT2D eigenvalue weighted by atomic mass is 9.86. The zero-order chi connectivity index (χ0) is 28.4. The van der Waals surface area contributed by atoms with Gasteiger partial charge in [0, 0.05) is 63.2 Å². The van der Waals surface area contributed by atoms with Crippen LogP contribution in [0.15, 0.2) is 60.3 Å². The number of aliphatic hydroxyl groups is 2. The van der Waals surface area contributed by atoms with Crippen LogP contribution in [0.5, 0.6) is 23.0 Å². The molecule has 5 rings (SSSR count). The summed E-state index contributed by atoms with van der Waals surface area (Å²) in [5, 5.41) is 27.0. The molecule has 210 valence electrons. The number of aromatic nitrogens is 1. The van der Waals surface area contributed by atoms with E-state index >= 15 is 0 Å². The zero-order valence-corrected chi connectivity index (χ0v) is 23.7. The second-order valence-corrected chi connectivity index (χ2v) is 10.1. The Labute approximate surface area is 238 Å². The van der Waals surface area contributed by atoms with Crippen molar-refractivity contribution in [3.63, 3.8) is 0 Å². The van der Waals surface area contributed by atoms with Gasteiger partial charge in [-0.1, -0.05) is 17.2 Å². The number of H-pyrrole nitrogens is 1. The third-order valence-electron chi connectivity index (χ3n) is 7.04. The molecule has 4 aromatic rings. The smallest absolute Gasteiger partial charge is 0.193 e. The summed E-state index contributed by atoms with van der Waals surface area (Å²) >= 11 is 6.33. The molecule has 3 aromatic carbocycles. The van der Waals surface area contributed by atoms with Gasteiger partial charge in [-0.05, 0) is 49.6 Å².